The zero-order chi connectivity index (χ0) is 29.4. The largest absolute Gasteiger partial charge is 0.448 e. The highest BCUT2D eigenvalue weighted by Gasteiger charge is 2.57. The molecule has 7 heteroatoms. The van der Waals surface area contributed by atoms with E-state index in [2.05, 4.69) is 42.9 Å². The van der Waals surface area contributed by atoms with E-state index in [0.29, 0.717) is 43.0 Å². The molecule has 0 radical (unpaired) electrons. The van der Waals surface area contributed by atoms with Crippen molar-refractivity contribution in [3.63, 3.8) is 0 Å². The molecule has 0 saturated heterocycles. The Morgan fingerprint density at radius 2 is 2.05 bits per heavy atom. The Morgan fingerprint density at radius 3 is 2.73 bits per heavy atom. The van der Waals surface area contributed by atoms with E-state index in [1.807, 2.05) is 13.8 Å². The second kappa shape index (κ2) is 12.1. The first-order chi connectivity index (χ1) is 19.6. The van der Waals surface area contributed by atoms with Gasteiger partial charge in [-0.1, -0.05) is 38.2 Å². The molecule has 4 saturated carbocycles. The molecule has 7 atom stereocenters. The van der Waals surface area contributed by atoms with Gasteiger partial charge in [0, 0.05) is 13.0 Å². The van der Waals surface area contributed by atoms with E-state index in [1.165, 1.54) is 31.3 Å². The van der Waals surface area contributed by atoms with Crippen LogP contribution < -0.4 is 5.32 Å². The molecule has 5 rings (SSSR count). The van der Waals surface area contributed by atoms with Gasteiger partial charge in [-0.2, -0.15) is 0 Å². The zero-order valence-electron chi connectivity index (χ0n) is 25.5. The number of oxazole rings is 1. The first-order valence-corrected chi connectivity index (χ1v) is 15.9. The number of hydrogen-bond acceptors (Lipinski definition) is 6. The van der Waals surface area contributed by atoms with Gasteiger partial charge in [0.25, 0.3) is 0 Å². The van der Waals surface area contributed by atoms with Crippen LogP contribution >= 0.6 is 0 Å². The summed E-state index contributed by atoms with van der Waals surface area (Å²) in [6.07, 6.45) is 14.9. The van der Waals surface area contributed by atoms with Gasteiger partial charge < -0.3 is 24.7 Å². The number of fused-ring (bicyclic) bond motifs is 1. The first kappa shape index (κ1) is 30.1. The van der Waals surface area contributed by atoms with Crippen LogP contribution in [0.4, 0.5) is 4.79 Å². The molecular weight excluding hydrogens is 516 g/mol. The number of alkyl carbamates (subject to hydrolysis) is 1. The van der Waals surface area contributed by atoms with Gasteiger partial charge >= 0.3 is 6.09 Å². The van der Waals surface area contributed by atoms with Gasteiger partial charge in [-0.05, 0) is 112 Å². The van der Waals surface area contributed by atoms with E-state index in [4.69, 9.17) is 9.15 Å². The van der Waals surface area contributed by atoms with E-state index in [1.54, 1.807) is 6.26 Å². The standard InChI is InChI=1S/C34H50N2O5/c1-6-35-32(39)41-30(34(16-17-34)31-36-22(3)20-40-31)14-9-21(2)27-12-13-28-24(8-7-15-33(27,28)5)10-11-25-18-26(37)19-29(38)23(25)4/h10-11,20-21,26-30,37-38H,4,6-9,12-19H2,1-3,5H3,(H,35,39)/t21-,26-,27-,28+,29+,30+,33-/m1/s1. The van der Waals surface area contributed by atoms with Crippen molar-refractivity contribution in [2.75, 3.05) is 6.54 Å². The lowest BCUT2D eigenvalue weighted by atomic mass is 9.60. The molecule has 4 aliphatic carbocycles. The van der Waals surface area contributed by atoms with Crippen LogP contribution in [0.5, 0.6) is 0 Å². The van der Waals surface area contributed by atoms with Crippen LogP contribution in [0.25, 0.3) is 0 Å². The Labute approximate surface area is 245 Å². The summed E-state index contributed by atoms with van der Waals surface area (Å²) in [7, 11) is 0. The molecule has 0 aromatic carbocycles. The topological polar surface area (TPSA) is 105 Å². The summed E-state index contributed by atoms with van der Waals surface area (Å²) in [5.41, 5.74) is 4.04. The molecule has 4 fully saturated rings. The fourth-order valence-corrected chi connectivity index (χ4v) is 8.45. The van der Waals surface area contributed by atoms with Gasteiger partial charge in [0.2, 0.25) is 5.89 Å². The minimum absolute atomic E-state index is 0.248. The summed E-state index contributed by atoms with van der Waals surface area (Å²) in [6.45, 7) is 13.4. The molecule has 4 aliphatic rings. The molecule has 0 unspecified atom stereocenters. The maximum Gasteiger partial charge on any atom is 0.407 e. The number of ether oxygens (including phenoxy) is 1. The third-order valence-electron chi connectivity index (χ3n) is 10.9. The summed E-state index contributed by atoms with van der Waals surface area (Å²) in [5, 5.41) is 23.2. The molecule has 1 aromatic rings. The van der Waals surface area contributed by atoms with Crippen LogP contribution in [0.3, 0.4) is 0 Å². The maximum atomic E-state index is 12.5. The van der Waals surface area contributed by atoms with Crippen LogP contribution in [-0.2, 0) is 10.2 Å². The molecule has 0 aliphatic heterocycles. The van der Waals surface area contributed by atoms with Crippen molar-refractivity contribution >= 4 is 6.09 Å². The molecule has 0 bridgehead atoms. The van der Waals surface area contributed by atoms with Crippen molar-refractivity contribution in [3.05, 3.63) is 53.3 Å². The summed E-state index contributed by atoms with van der Waals surface area (Å²) in [5.74, 6) is 2.39. The lowest BCUT2D eigenvalue weighted by molar-refractivity contribution is 0.0474. The fraction of sp³-hybridized carbons (Fsp3) is 0.706. The molecule has 1 heterocycles. The van der Waals surface area contributed by atoms with E-state index in [-0.39, 0.29) is 23.0 Å². The highest BCUT2D eigenvalue weighted by Crippen LogP contribution is 2.60. The Morgan fingerprint density at radius 1 is 1.27 bits per heavy atom. The van der Waals surface area contributed by atoms with Crippen molar-refractivity contribution in [2.45, 2.75) is 122 Å². The number of nitrogens with one attached hydrogen (secondary N) is 1. The number of nitrogens with zero attached hydrogens (tertiary/aromatic N) is 1. The van der Waals surface area contributed by atoms with Gasteiger partial charge in [-0.25, -0.2) is 9.78 Å². The smallest absolute Gasteiger partial charge is 0.407 e. The molecule has 1 aromatic heterocycles. The molecule has 41 heavy (non-hydrogen) atoms. The number of allylic oxidation sites excluding steroid dienone is 3. The van der Waals surface area contributed by atoms with E-state index in [0.717, 1.165) is 48.9 Å². The van der Waals surface area contributed by atoms with Gasteiger partial charge in [-0.15, -0.1) is 0 Å². The monoisotopic (exact) mass is 566 g/mol. The second-order valence-electron chi connectivity index (χ2n) is 13.6. The van der Waals surface area contributed by atoms with Crippen LogP contribution in [0.2, 0.25) is 0 Å². The number of carbonyl (C=O) groups excluding carboxylic acids is 1. The number of aryl methyl sites for hydroxylation is 1. The lowest BCUT2D eigenvalue weighted by Gasteiger charge is -2.44. The van der Waals surface area contributed by atoms with Crippen molar-refractivity contribution < 1.29 is 24.2 Å². The zero-order valence-corrected chi connectivity index (χ0v) is 25.5. The normalized spacial score (nSPS) is 34.3. The summed E-state index contributed by atoms with van der Waals surface area (Å²) < 4.78 is 11.9. The van der Waals surface area contributed by atoms with Gasteiger partial charge in [0.15, 0.2) is 0 Å². The maximum absolute atomic E-state index is 12.5. The Hall–Kier alpha value is -2.38. The average Bonchev–Trinajstić information content (AvgIpc) is 3.48. The van der Waals surface area contributed by atoms with Crippen molar-refractivity contribution in [2.24, 2.45) is 23.2 Å². The number of aliphatic hydroxyl groups is 2. The van der Waals surface area contributed by atoms with Crippen LogP contribution in [0.1, 0.15) is 103 Å². The van der Waals surface area contributed by atoms with Gasteiger partial charge in [-0.3, -0.25) is 0 Å². The number of amides is 1. The summed E-state index contributed by atoms with van der Waals surface area (Å²) in [6, 6.07) is 0. The number of hydrogen-bond donors (Lipinski definition) is 3. The fourth-order valence-electron chi connectivity index (χ4n) is 8.45. The van der Waals surface area contributed by atoms with Crippen LogP contribution in [0, 0.1) is 30.1 Å². The van der Waals surface area contributed by atoms with E-state index in [9.17, 15) is 15.0 Å². The van der Waals surface area contributed by atoms with Crippen molar-refractivity contribution in [3.8, 4) is 0 Å². The molecule has 0 spiro atoms. The average molecular weight is 567 g/mol. The van der Waals surface area contributed by atoms with E-state index >= 15 is 0 Å². The van der Waals surface area contributed by atoms with Crippen molar-refractivity contribution in [1.29, 1.82) is 0 Å². The predicted molar refractivity (Wildman–Crippen MR) is 159 cm³/mol. The number of rotatable bonds is 9. The molecule has 226 valence electrons. The minimum Gasteiger partial charge on any atom is -0.448 e. The quantitative estimate of drug-likeness (QED) is 0.308. The van der Waals surface area contributed by atoms with Crippen LogP contribution in [-0.4, -0.2) is 46.1 Å². The molecule has 1 amide bonds. The third kappa shape index (κ3) is 6.08. The Balaban J connectivity index is 1.28. The minimum atomic E-state index is -0.653. The van der Waals surface area contributed by atoms with E-state index < -0.39 is 12.2 Å². The number of carbonyl (C=O) groups is 1. The first-order valence-electron chi connectivity index (χ1n) is 15.9. The Kier molecular flexibility index (Phi) is 8.87. The third-order valence-corrected chi connectivity index (χ3v) is 10.9. The number of aromatic nitrogens is 1. The predicted octanol–water partition coefficient (Wildman–Crippen LogP) is 6.69. The summed E-state index contributed by atoms with van der Waals surface area (Å²) in [4.78, 5) is 17.2. The summed E-state index contributed by atoms with van der Waals surface area (Å²) >= 11 is 0. The molecule has 3 N–H and O–H groups in total. The van der Waals surface area contributed by atoms with Gasteiger partial charge in [0.1, 0.15) is 12.4 Å². The second-order valence-corrected chi connectivity index (χ2v) is 13.6. The Bertz CT molecular complexity index is 1180. The SMILES string of the molecule is C=C1C(=CC=C2CCC[C@]3(C)[C@@H]([C@H](C)CC[C@H](OC(=O)NCC)C4(c5nc(C)co5)CC4)CC[C@@H]23)C[C@@H](O)C[C@@H]1O. The van der Waals surface area contributed by atoms with Gasteiger partial charge in [0.05, 0.1) is 23.3 Å². The van der Waals surface area contributed by atoms with Crippen molar-refractivity contribution in [1.82, 2.24) is 10.3 Å². The lowest BCUT2D eigenvalue weighted by Crippen LogP contribution is -2.38. The highest BCUT2D eigenvalue weighted by molar-refractivity contribution is 5.67. The molecule has 7 nitrogen and oxygen atoms in total. The van der Waals surface area contributed by atoms with Crippen LogP contribution in [0.15, 0.2) is 46.1 Å². The molecular formula is C34H50N2O5. The highest BCUT2D eigenvalue weighted by atomic mass is 16.6. The number of aliphatic hydroxyl groups excluding tert-OH is 2.